The number of carboxylic acid groups (broad SMARTS) is 1. The van der Waals surface area contributed by atoms with Gasteiger partial charge in [-0.15, -0.1) is 0 Å². The van der Waals surface area contributed by atoms with E-state index in [-0.39, 0.29) is 5.75 Å². The second-order valence-electron chi connectivity index (χ2n) is 3.88. The zero-order chi connectivity index (χ0) is 12.4. The van der Waals surface area contributed by atoms with Crippen molar-refractivity contribution in [2.45, 2.75) is 6.92 Å². The Labute approximate surface area is 99.0 Å². The monoisotopic (exact) mass is 228 g/mol. The molecule has 86 valence electrons. The highest BCUT2D eigenvalue weighted by atomic mass is 16.4. The Bertz CT molecular complexity index is 556. The summed E-state index contributed by atoms with van der Waals surface area (Å²) in [4.78, 5) is 10.9. The smallest absolute Gasteiger partial charge is 0.335 e. The molecule has 0 amide bonds. The summed E-state index contributed by atoms with van der Waals surface area (Å²) in [6.45, 7) is 1.77. The molecule has 0 fully saturated rings. The lowest BCUT2D eigenvalue weighted by Crippen LogP contribution is -1.99. The highest BCUT2D eigenvalue weighted by molar-refractivity contribution is 5.90. The zero-order valence-electron chi connectivity index (χ0n) is 9.34. The van der Waals surface area contributed by atoms with E-state index in [0.717, 1.165) is 16.7 Å². The SMILES string of the molecule is Cc1cc(-c2ccc(O)cc2)ccc1C(=O)O. The van der Waals surface area contributed by atoms with Crippen molar-refractivity contribution in [1.82, 2.24) is 0 Å². The predicted molar refractivity (Wildman–Crippen MR) is 65.2 cm³/mol. The molecule has 3 heteroatoms. The first kappa shape index (κ1) is 11.2. The zero-order valence-corrected chi connectivity index (χ0v) is 9.34. The van der Waals surface area contributed by atoms with Crippen LogP contribution in [0.3, 0.4) is 0 Å². The Morgan fingerprint density at radius 3 is 2.12 bits per heavy atom. The van der Waals surface area contributed by atoms with Crippen molar-refractivity contribution in [3.63, 3.8) is 0 Å². The normalized spacial score (nSPS) is 10.2. The minimum absolute atomic E-state index is 0.215. The van der Waals surface area contributed by atoms with Crippen molar-refractivity contribution < 1.29 is 15.0 Å². The number of carbonyl (C=O) groups is 1. The summed E-state index contributed by atoms with van der Waals surface area (Å²) in [6.07, 6.45) is 0. The predicted octanol–water partition coefficient (Wildman–Crippen LogP) is 3.07. The number of phenolic OH excluding ortho intramolecular Hbond substituents is 1. The number of aromatic carboxylic acids is 1. The van der Waals surface area contributed by atoms with E-state index in [2.05, 4.69) is 0 Å². The van der Waals surface area contributed by atoms with Crippen molar-refractivity contribution in [2.75, 3.05) is 0 Å². The Hall–Kier alpha value is -2.29. The van der Waals surface area contributed by atoms with Crippen molar-refractivity contribution >= 4 is 5.97 Å². The van der Waals surface area contributed by atoms with Gasteiger partial charge in [-0.05, 0) is 41.8 Å². The van der Waals surface area contributed by atoms with E-state index < -0.39 is 5.97 Å². The summed E-state index contributed by atoms with van der Waals surface area (Å²) in [5, 5.41) is 18.1. The average molecular weight is 228 g/mol. The fraction of sp³-hybridized carbons (Fsp3) is 0.0714. The van der Waals surface area contributed by atoms with E-state index in [1.807, 2.05) is 6.07 Å². The first-order chi connectivity index (χ1) is 8.08. The fourth-order valence-electron chi connectivity index (χ4n) is 1.74. The van der Waals surface area contributed by atoms with Gasteiger partial charge in [-0.1, -0.05) is 24.3 Å². The second-order valence-corrected chi connectivity index (χ2v) is 3.88. The molecule has 2 N–H and O–H groups in total. The van der Waals surface area contributed by atoms with Crippen LogP contribution in [0.4, 0.5) is 0 Å². The number of aromatic hydroxyl groups is 1. The fourth-order valence-corrected chi connectivity index (χ4v) is 1.74. The molecule has 3 nitrogen and oxygen atoms in total. The van der Waals surface area contributed by atoms with E-state index in [1.54, 1.807) is 43.3 Å². The van der Waals surface area contributed by atoms with Crippen molar-refractivity contribution in [1.29, 1.82) is 0 Å². The third-order valence-electron chi connectivity index (χ3n) is 2.66. The minimum atomic E-state index is -0.917. The van der Waals surface area contributed by atoms with Gasteiger partial charge in [0, 0.05) is 0 Å². The number of aryl methyl sites for hydroxylation is 1. The van der Waals surface area contributed by atoms with Crippen molar-refractivity contribution in [2.24, 2.45) is 0 Å². The average Bonchev–Trinajstić information content (AvgIpc) is 2.29. The van der Waals surface area contributed by atoms with Gasteiger partial charge in [-0.25, -0.2) is 4.79 Å². The summed E-state index contributed by atoms with van der Waals surface area (Å²) in [5.41, 5.74) is 2.92. The van der Waals surface area contributed by atoms with Gasteiger partial charge < -0.3 is 10.2 Å². The molecular formula is C14H12O3. The van der Waals surface area contributed by atoms with Crippen LogP contribution >= 0.6 is 0 Å². The van der Waals surface area contributed by atoms with Crippen molar-refractivity contribution in [3.05, 3.63) is 53.6 Å². The number of hydrogen-bond acceptors (Lipinski definition) is 2. The molecule has 17 heavy (non-hydrogen) atoms. The lowest BCUT2D eigenvalue weighted by atomic mass is 10.00. The molecule has 0 saturated carbocycles. The molecule has 0 aliphatic carbocycles. The van der Waals surface area contributed by atoms with Crippen LogP contribution in [-0.2, 0) is 0 Å². The van der Waals surface area contributed by atoms with E-state index in [4.69, 9.17) is 5.11 Å². The summed E-state index contributed by atoms with van der Waals surface area (Å²) >= 11 is 0. The molecule has 0 radical (unpaired) electrons. The quantitative estimate of drug-likeness (QED) is 0.830. The number of phenols is 1. The Morgan fingerprint density at radius 1 is 1.00 bits per heavy atom. The van der Waals surface area contributed by atoms with Gasteiger partial charge >= 0.3 is 5.97 Å². The molecule has 0 heterocycles. The van der Waals surface area contributed by atoms with Crippen LogP contribution in [0.25, 0.3) is 11.1 Å². The summed E-state index contributed by atoms with van der Waals surface area (Å²) in [7, 11) is 0. The molecule has 0 atom stereocenters. The molecule has 2 aromatic rings. The number of rotatable bonds is 2. The first-order valence-corrected chi connectivity index (χ1v) is 5.21. The molecular weight excluding hydrogens is 216 g/mol. The van der Waals surface area contributed by atoms with Crippen LogP contribution in [0.2, 0.25) is 0 Å². The van der Waals surface area contributed by atoms with Gasteiger partial charge in [0.1, 0.15) is 5.75 Å². The molecule has 0 aliphatic heterocycles. The summed E-state index contributed by atoms with van der Waals surface area (Å²) < 4.78 is 0. The van der Waals surface area contributed by atoms with Crippen molar-refractivity contribution in [3.8, 4) is 16.9 Å². The largest absolute Gasteiger partial charge is 0.508 e. The van der Waals surface area contributed by atoms with E-state index in [0.29, 0.717) is 5.56 Å². The molecule has 0 bridgehead atoms. The van der Waals surface area contributed by atoms with Crippen LogP contribution < -0.4 is 0 Å². The van der Waals surface area contributed by atoms with Gasteiger partial charge in [-0.3, -0.25) is 0 Å². The molecule has 0 aromatic heterocycles. The van der Waals surface area contributed by atoms with E-state index >= 15 is 0 Å². The standard InChI is InChI=1S/C14H12O3/c1-9-8-11(4-7-13(9)14(16)17)10-2-5-12(15)6-3-10/h2-8,15H,1H3,(H,16,17). The maximum Gasteiger partial charge on any atom is 0.335 e. The number of carboxylic acids is 1. The van der Waals surface area contributed by atoms with Crippen LogP contribution in [0.1, 0.15) is 15.9 Å². The van der Waals surface area contributed by atoms with Gasteiger partial charge in [0.15, 0.2) is 0 Å². The maximum absolute atomic E-state index is 10.9. The molecule has 0 unspecified atom stereocenters. The highest BCUT2D eigenvalue weighted by Crippen LogP contribution is 2.24. The van der Waals surface area contributed by atoms with Crippen LogP contribution in [0, 0.1) is 6.92 Å². The van der Waals surface area contributed by atoms with Crippen LogP contribution in [-0.4, -0.2) is 16.2 Å². The van der Waals surface area contributed by atoms with Gasteiger partial charge in [0.25, 0.3) is 0 Å². The van der Waals surface area contributed by atoms with Crippen LogP contribution in [0.15, 0.2) is 42.5 Å². The maximum atomic E-state index is 10.9. The van der Waals surface area contributed by atoms with Crippen LogP contribution in [0.5, 0.6) is 5.75 Å². The van der Waals surface area contributed by atoms with E-state index in [9.17, 15) is 9.90 Å². The topological polar surface area (TPSA) is 57.5 Å². The Morgan fingerprint density at radius 2 is 1.59 bits per heavy atom. The minimum Gasteiger partial charge on any atom is -0.508 e. The summed E-state index contributed by atoms with van der Waals surface area (Å²) in [6, 6.07) is 12.0. The lowest BCUT2D eigenvalue weighted by molar-refractivity contribution is 0.0696. The Balaban J connectivity index is 2.44. The number of benzene rings is 2. The second kappa shape index (κ2) is 4.29. The molecule has 0 aliphatic rings. The van der Waals surface area contributed by atoms with Gasteiger partial charge in [-0.2, -0.15) is 0 Å². The summed E-state index contributed by atoms with van der Waals surface area (Å²) in [5.74, 6) is -0.701. The lowest BCUT2D eigenvalue weighted by Gasteiger charge is -2.05. The molecule has 2 aromatic carbocycles. The molecule has 0 saturated heterocycles. The first-order valence-electron chi connectivity index (χ1n) is 5.21. The van der Waals surface area contributed by atoms with E-state index in [1.165, 1.54) is 0 Å². The molecule has 2 rings (SSSR count). The highest BCUT2D eigenvalue weighted by Gasteiger charge is 2.07. The molecule has 0 spiro atoms. The third-order valence-corrected chi connectivity index (χ3v) is 2.66. The number of hydrogen-bond donors (Lipinski definition) is 2. The third kappa shape index (κ3) is 2.28. The van der Waals surface area contributed by atoms with Gasteiger partial charge in [0.05, 0.1) is 5.56 Å². The Kier molecular flexibility index (Phi) is 2.83. The van der Waals surface area contributed by atoms with Gasteiger partial charge in [0.2, 0.25) is 0 Å².